The lowest BCUT2D eigenvalue weighted by molar-refractivity contribution is 0.101. The number of carbonyl (C=O) groups is 1. The van der Waals surface area contributed by atoms with Crippen molar-refractivity contribution in [3.63, 3.8) is 0 Å². The van der Waals surface area contributed by atoms with Gasteiger partial charge in [-0.2, -0.15) is 0 Å². The maximum absolute atomic E-state index is 11.3. The molecule has 0 bridgehead atoms. The molecule has 2 aromatic rings. The van der Waals surface area contributed by atoms with E-state index < -0.39 is 0 Å². The van der Waals surface area contributed by atoms with Crippen molar-refractivity contribution >= 4 is 5.78 Å². The Hall–Kier alpha value is -1.89. The van der Waals surface area contributed by atoms with Crippen LogP contribution in [0.25, 0.3) is 0 Å². The van der Waals surface area contributed by atoms with E-state index in [1.54, 1.807) is 6.92 Å². The highest BCUT2D eigenvalue weighted by Gasteiger charge is 2.01. The van der Waals surface area contributed by atoms with Crippen molar-refractivity contribution in [3.8, 4) is 0 Å². The van der Waals surface area contributed by atoms with E-state index >= 15 is 0 Å². The molecule has 0 aromatic heterocycles. The fraction of sp³-hybridized carbons (Fsp3) is 0.235. The van der Waals surface area contributed by atoms with Gasteiger partial charge in [-0.05, 0) is 30.5 Å². The second kappa shape index (κ2) is 7.44. The number of Topliss-reactive ketones (excluding diaryl/α,β-unsaturated/α-hetero) is 1. The molecular formula is C17H20O. The molecular weight excluding hydrogens is 220 g/mol. The first-order valence-corrected chi connectivity index (χ1v) is 6.39. The molecule has 1 nitrogen and oxygen atoms in total. The summed E-state index contributed by atoms with van der Waals surface area (Å²) < 4.78 is 0. The van der Waals surface area contributed by atoms with Gasteiger partial charge in [0.1, 0.15) is 0 Å². The Labute approximate surface area is 109 Å². The Kier molecular flexibility index (Phi) is 5.86. The predicted molar refractivity (Wildman–Crippen MR) is 77.0 cm³/mol. The molecule has 0 aliphatic heterocycles. The smallest absolute Gasteiger partial charge is 0.159 e. The lowest BCUT2D eigenvalue weighted by Gasteiger charge is -2.03. The van der Waals surface area contributed by atoms with Crippen molar-refractivity contribution < 1.29 is 4.79 Å². The topological polar surface area (TPSA) is 17.1 Å². The average Bonchev–Trinajstić information content (AvgIpc) is 2.42. The van der Waals surface area contributed by atoms with Crippen molar-refractivity contribution in [1.29, 1.82) is 0 Å². The van der Waals surface area contributed by atoms with Crippen LogP contribution in [-0.4, -0.2) is 5.78 Å². The molecule has 0 unspecified atom stereocenters. The minimum Gasteiger partial charge on any atom is -0.295 e. The second-order valence-electron chi connectivity index (χ2n) is 3.92. The van der Waals surface area contributed by atoms with Gasteiger partial charge in [-0.3, -0.25) is 4.79 Å². The van der Waals surface area contributed by atoms with E-state index in [2.05, 4.69) is 18.2 Å². The van der Waals surface area contributed by atoms with Gasteiger partial charge in [0.05, 0.1) is 0 Å². The molecule has 0 heterocycles. The van der Waals surface area contributed by atoms with Gasteiger partial charge in [-0.15, -0.1) is 0 Å². The van der Waals surface area contributed by atoms with Crippen LogP contribution in [0, 0.1) is 0 Å². The maximum Gasteiger partial charge on any atom is 0.159 e. The SMILES string of the molecule is CC.CC(=O)c1cccc(Cc2ccccc2)c1. The van der Waals surface area contributed by atoms with Crippen LogP contribution in [0.5, 0.6) is 0 Å². The Balaban J connectivity index is 0.000000771. The highest BCUT2D eigenvalue weighted by Crippen LogP contribution is 2.11. The Morgan fingerprint density at radius 2 is 1.50 bits per heavy atom. The molecule has 0 fully saturated rings. The summed E-state index contributed by atoms with van der Waals surface area (Å²) in [5, 5.41) is 0. The van der Waals surface area contributed by atoms with Crippen LogP contribution in [0.3, 0.4) is 0 Å². The van der Waals surface area contributed by atoms with Crippen LogP contribution in [0.4, 0.5) is 0 Å². The largest absolute Gasteiger partial charge is 0.295 e. The van der Waals surface area contributed by atoms with E-state index in [0.29, 0.717) is 0 Å². The van der Waals surface area contributed by atoms with Gasteiger partial charge >= 0.3 is 0 Å². The predicted octanol–water partition coefficient (Wildman–Crippen LogP) is 4.51. The third-order valence-corrected chi connectivity index (χ3v) is 2.58. The van der Waals surface area contributed by atoms with Gasteiger partial charge in [0.2, 0.25) is 0 Å². The van der Waals surface area contributed by atoms with E-state index in [9.17, 15) is 4.79 Å². The first kappa shape index (κ1) is 14.2. The summed E-state index contributed by atoms with van der Waals surface area (Å²) >= 11 is 0. The average molecular weight is 240 g/mol. The summed E-state index contributed by atoms with van der Waals surface area (Å²) in [6, 6.07) is 18.1. The van der Waals surface area contributed by atoms with E-state index in [0.717, 1.165) is 12.0 Å². The number of rotatable bonds is 3. The second-order valence-corrected chi connectivity index (χ2v) is 3.92. The van der Waals surface area contributed by atoms with Gasteiger partial charge in [0.25, 0.3) is 0 Å². The summed E-state index contributed by atoms with van der Waals surface area (Å²) in [6.45, 7) is 5.60. The van der Waals surface area contributed by atoms with Crippen molar-refractivity contribution in [1.82, 2.24) is 0 Å². The minimum absolute atomic E-state index is 0.120. The lowest BCUT2D eigenvalue weighted by atomic mass is 10.0. The lowest BCUT2D eigenvalue weighted by Crippen LogP contribution is -1.94. The van der Waals surface area contributed by atoms with Gasteiger partial charge in [-0.25, -0.2) is 0 Å². The molecule has 0 amide bonds. The monoisotopic (exact) mass is 240 g/mol. The summed E-state index contributed by atoms with van der Waals surface area (Å²) in [5.74, 6) is 0.120. The summed E-state index contributed by atoms with van der Waals surface area (Å²) in [6.07, 6.45) is 0.877. The molecule has 1 heteroatoms. The van der Waals surface area contributed by atoms with Crippen LogP contribution in [0.1, 0.15) is 42.3 Å². The molecule has 0 radical (unpaired) electrons. The maximum atomic E-state index is 11.3. The molecule has 0 atom stereocenters. The first-order valence-electron chi connectivity index (χ1n) is 6.39. The third kappa shape index (κ3) is 4.17. The Bertz CT molecular complexity index is 486. The summed E-state index contributed by atoms with van der Waals surface area (Å²) in [7, 11) is 0. The molecule has 0 N–H and O–H groups in total. The molecule has 2 rings (SSSR count). The molecule has 18 heavy (non-hydrogen) atoms. The number of benzene rings is 2. The van der Waals surface area contributed by atoms with E-state index in [4.69, 9.17) is 0 Å². The van der Waals surface area contributed by atoms with Gasteiger partial charge < -0.3 is 0 Å². The number of carbonyl (C=O) groups excluding carboxylic acids is 1. The number of ketones is 1. The molecule has 0 saturated heterocycles. The standard InChI is InChI=1S/C15H14O.C2H6/c1-12(16)15-9-5-8-14(11-15)10-13-6-3-2-4-7-13;1-2/h2-9,11H,10H2,1H3;1-2H3. The zero-order chi connectivity index (χ0) is 13.4. The van der Waals surface area contributed by atoms with Gasteiger partial charge in [-0.1, -0.05) is 62.4 Å². The van der Waals surface area contributed by atoms with Crippen LogP contribution >= 0.6 is 0 Å². The highest BCUT2D eigenvalue weighted by atomic mass is 16.1. The molecule has 0 aliphatic carbocycles. The molecule has 0 spiro atoms. The van der Waals surface area contributed by atoms with E-state index in [-0.39, 0.29) is 5.78 Å². The first-order chi connectivity index (χ1) is 8.75. The van der Waals surface area contributed by atoms with Crippen LogP contribution in [0.2, 0.25) is 0 Å². The molecule has 0 saturated carbocycles. The highest BCUT2D eigenvalue weighted by molar-refractivity contribution is 5.94. The van der Waals surface area contributed by atoms with Crippen LogP contribution < -0.4 is 0 Å². The van der Waals surface area contributed by atoms with E-state index in [1.165, 1.54) is 11.1 Å². The van der Waals surface area contributed by atoms with Crippen LogP contribution in [0.15, 0.2) is 54.6 Å². The zero-order valence-corrected chi connectivity index (χ0v) is 11.3. The van der Waals surface area contributed by atoms with E-state index in [1.807, 2.05) is 50.2 Å². The van der Waals surface area contributed by atoms with Crippen molar-refractivity contribution in [2.75, 3.05) is 0 Å². The number of hydrogen-bond acceptors (Lipinski definition) is 1. The summed E-state index contributed by atoms with van der Waals surface area (Å²) in [5.41, 5.74) is 3.23. The van der Waals surface area contributed by atoms with Crippen molar-refractivity contribution in [2.45, 2.75) is 27.2 Å². The number of hydrogen-bond donors (Lipinski definition) is 0. The van der Waals surface area contributed by atoms with Crippen molar-refractivity contribution in [2.24, 2.45) is 0 Å². The molecule has 0 aliphatic rings. The fourth-order valence-corrected chi connectivity index (χ4v) is 1.73. The summed E-state index contributed by atoms with van der Waals surface area (Å²) in [4.78, 5) is 11.3. The Morgan fingerprint density at radius 1 is 0.889 bits per heavy atom. The zero-order valence-electron chi connectivity index (χ0n) is 11.3. The van der Waals surface area contributed by atoms with Gasteiger partial charge in [0.15, 0.2) is 5.78 Å². The molecule has 94 valence electrons. The molecule has 2 aromatic carbocycles. The quantitative estimate of drug-likeness (QED) is 0.722. The van der Waals surface area contributed by atoms with Gasteiger partial charge in [0, 0.05) is 5.56 Å². The normalized spacial score (nSPS) is 9.28. The third-order valence-electron chi connectivity index (χ3n) is 2.58. The Morgan fingerprint density at radius 3 is 2.11 bits per heavy atom. The minimum atomic E-state index is 0.120. The fourth-order valence-electron chi connectivity index (χ4n) is 1.73. The van der Waals surface area contributed by atoms with Crippen molar-refractivity contribution in [3.05, 3.63) is 71.3 Å². The van der Waals surface area contributed by atoms with Crippen LogP contribution in [-0.2, 0) is 6.42 Å².